The lowest BCUT2D eigenvalue weighted by Crippen LogP contribution is -2.00. The molecule has 0 aromatic carbocycles. The highest BCUT2D eigenvalue weighted by atomic mass is 32.1. The van der Waals surface area contributed by atoms with E-state index in [1.54, 1.807) is 11.3 Å². The summed E-state index contributed by atoms with van der Waals surface area (Å²) in [4.78, 5) is 13.5. The van der Waals surface area contributed by atoms with E-state index in [9.17, 15) is 4.79 Å². The van der Waals surface area contributed by atoms with E-state index in [4.69, 9.17) is 4.74 Å². The number of carbonyl (C=O) groups excluding carboxylic acids is 1. The molecule has 0 atom stereocenters. The van der Waals surface area contributed by atoms with Crippen LogP contribution in [0.5, 0.6) is 0 Å². The van der Waals surface area contributed by atoms with Gasteiger partial charge in [-0.25, -0.2) is 4.79 Å². The van der Waals surface area contributed by atoms with E-state index in [1.807, 2.05) is 17.7 Å². The normalized spacial score (nSPS) is 10.4. The van der Waals surface area contributed by atoms with Crippen LogP contribution in [0.3, 0.4) is 0 Å². The van der Waals surface area contributed by atoms with Crippen LogP contribution in [0.4, 0.5) is 0 Å². The average molecular weight is 252 g/mol. The van der Waals surface area contributed by atoms with Gasteiger partial charge in [0.1, 0.15) is 4.88 Å². The predicted octanol–water partition coefficient (Wildman–Crippen LogP) is 3.88. The van der Waals surface area contributed by atoms with Crippen molar-refractivity contribution >= 4 is 28.6 Å². The van der Waals surface area contributed by atoms with Crippen molar-refractivity contribution in [1.82, 2.24) is 0 Å². The molecule has 2 nitrogen and oxygen atoms in total. The van der Waals surface area contributed by atoms with Crippen LogP contribution in [0.25, 0.3) is 10.4 Å². The van der Waals surface area contributed by atoms with Crippen molar-refractivity contribution < 1.29 is 9.53 Å². The lowest BCUT2D eigenvalue weighted by molar-refractivity contribution is 0.0607. The number of methoxy groups -OCH3 is 1. The fourth-order valence-corrected chi connectivity index (χ4v) is 3.68. The molecule has 0 spiro atoms. The standard InChI is InChI=1S/C12H12O2S2/c1-7-4-5-15-10(7)9-8(2)6-16-11(9)12(13)14-3/h4-6H,1-3H3. The topological polar surface area (TPSA) is 26.3 Å². The summed E-state index contributed by atoms with van der Waals surface area (Å²) in [5, 5.41) is 4.05. The molecule has 2 rings (SSSR count). The molecule has 2 aromatic heterocycles. The van der Waals surface area contributed by atoms with Crippen molar-refractivity contribution in [1.29, 1.82) is 0 Å². The van der Waals surface area contributed by atoms with Gasteiger partial charge < -0.3 is 4.74 Å². The van der Waals surface area contributed by atoms with Crippen LogP contribution in [0.1, 0.15) is 20.8 Å². The number of ether oxygens (including phenoxy) is 1. The zero-order valence-electron chi connectivity index (χ0n) is 9.37. The van der Waals surface area contributed by atoms with Gasteiger partial charge in [-0.15, -0.1) is 22.7 Å². The zero-order valence-corrected chi connectivity index (χ0v) is 11.0. The lowest BCUT2D eigenvalue weighted by atomic mass is 10.1. The number of hydrogen-bond donors (Lipinski definition) is 0. The number of esters is 1. The predicted molar refractivity (Wildman–Crippen MR) is 68.4 cm³/mol. The van der Waals surface area contributed by atoms with E-state index in [2.05, 4.69) is 13.0 Å². The summed E-state index contributed by atoms with van der Waals surface area (Å²) in [5.74, 6) is -0.249. The molecular weight excluding hydrogens is 240 g/mol. The van der Waals surface area contributed by atoms with Crippen molar-refractivity contribution in [3.05, 3.63) is 32.8 Å². The molecule has 0 saturated carbocycles. The van der Waals surface area contributed by atoms with Crippen LogP contribution in [-0.4, -0.2) is 13.1 Å². The Morgan fingerprint density at radius 3 is 2.56 bits per heavy atom. The number of rotatable bonds is 2. The first-order chi connectivity index (χ1) is 7.65. The first-order valence-corrected chi connectivity index (χ1v) is 6.62. The third-order valence-corrected chi connectivity index (χ3v) is 4.55. The monoisotopic (exact) mass is 252 g/mol. The third-order valence-electron chi connectivity index (χ3n) is 2.43. The maximum absolute atomic E-state index is 11.6. The minimum absolute atomic E-state index is 0.249. The Labute approximate surface area is 103 Å². The summed E-state index contributed by atoms with van der Waals surface area (Å²) >= 11 is 3.11. The van der Waals surface area contributed by atoms with Crippen LogP contribution < -0.4 is 0 Å². The Balaban J connectivity index is 2.60. The summed E-state index contributed by atoms with van der Waals surface area (Å²) in [6.45, 7) is 4.08. The highest BCUT2D eigenvalue weighted by molar-refractivity contribution is 7.16. The van der Waals surface area contributed by atoms with Crippen molar-refractivity contribution in [2.45, 2.75) is 13.8 Å². The van der Waals surface area contributed by atoms with E-state index in [-0.39, 0.29) is 5.97 Å². The first-order valence-electron chi connectivity index (χ1n) is 4.86. The minimum Gasteiger partial charge on any atom is -0.465 e. The number of aryl methyl sites for hydroxylation is 2. The molecule has 0 saturated heterocycles. The maximum atomic E-state index is 11.6. The van der Waals surface area contributed by atoms with Crippen LogP contribution >= 0.6 is 22.7 Å². The molecule has 2 aromatic rings. The summed E-state index contributed by atoms with van der Waals surface area (Å²) in [6.07, 6.45) is 0. The van der Waals surface area contributed by atoms with Crippen molar-refractivity contribution in [3.63, 3.8) is 0 Å². The molecule has 0 bridgehead atoms. The fraction of sp³-hybridized carbons (Fsp3) is 0.250. The Bertz CT molecular complexity index is 523. The third kappa shape index (κ3) is 1.79. The molecule has 0 unspecified atom stereocenters. The van der Waals surface area contributed by atoms with Crippen LogP contribution in [-0.2, 0) is 4.74 Å². The maximum Gasteiger partial charge on any atom is 0.348 e. The van der Waals surface area contributed by atoms with Gasteiger partial charge in [-0.3, -0.25) is 0 Å². The average Bonchev–Trinajstić information content (AvgIpc) is 2.83. The summed E-state index contributed by atoms with van der Waals surface area (Å²) < 4.78 is 4.80. The number of thiophene rings is 2. The molecule has 0 fully saturated rings. The molecule has 0 radical (unpaired) electrons. The van der Waals surface area contributed by atoms with Gasteiger partial charge in [0.25, 0.3) is 0 Å². The fourth-order valence-electron chi connectivity index (χ4n) is 1.60. The van der Waals surface area contributed by atoms with E-state index < -0.39 is 0 Å². The van der Waals surface area contributed by atoms with E-state index in [1.165, 1.54) is 28.9 Å². The van der Waals surface area contributed by atoms with E-state index in [0.717, 1.165) is 11.1 Å². The van der Waals surface area contributed by atoms with Gasteiger partial charge >= 0.3 is 5.97 Å². The molecule has 0 N–H and O–H groups in total. The van der Waals surface area contributed by atoms with Crippen molar-refractivity contribution in [2.75, 3.05) is 7.11 Å². The van der Waals surface area contributed by atoms with Crippen molar-refractivity contribution in [3.8, 4) is 10.4 Å². The largest absolute Gasteiger partial charge is 0.465 e. The molecule has 0 amide bonds. The molecular formula is C12H12O2S2. The van der Waals surface area contributed by atoms with Gasteiger partial charge in [0.05, 0.1) is 7.11 Å². The highest BCUT2D eigenvalue weighted by Gasteiger charge is 2.19. The van der Waals surface area contributed by atoms with Crippen LogP contribution in [0.2, 0.25) is 0 Å². The van der Waals surface area contributed by atoms with Gasteiger partial charge in [0, 0.05) is 10.4 Å². The second kappa shape index (κ2) is 4.39. The van der Waals surface area contributed by atoms with Gasteiger partial charge in [-0.2, -0.15) is 0 Å². The van der Waals surface area contributed by atoms with E-state index >= 15 is 0 Å². The van der Waals surface area contributed by atoms with Gasteiger partial charge in [0.2, 0.25) is 0 Å². The summed E-state index contributed by atoms with van der Waals surface area (Å²) in [7, 11) is 1.42. The number of hydrogen-bond acceptors (Lipinski definition) is 4. The summed E-state index contributed by atoms with van der Waals surface area (Å²) in [5.41, 5.74) is 3.37. The van der Waals surface area contributed by atoms with Crippen LogP contribution in [0, 0.1) is 13.8 Å². The first kappa shape index (κ1) is 11.4. The van der Waals surface area contributed by atoms with Crippen LogP contribution in [0.15, 0.2) is 16.8 Å². The Kier molecular flexibility index (Phi) is 3.12. The van der Waals surface area contributed by atoms with Gasteiger partial charge in [-0.1, -0.05) is 0 Å². The summed E-state index contributed by atoms with van der Waals surface area (Å²) in [6, 6.07) is 2.07. The Morgan fingerprint density at radius 1 is 1.25 bits per heavy atom. The lowest BCUT2D eigenvalue weighted by Gasteiger charge is -2.03. The Morgan fingerprint density at radius 2 is 2.00 bits per heavy atom. The molecule has 0 aliphatic heterocycles. The quantitative estimate of drug-likeness (QED) is 0.758. The van der Waals surface area contributed by atoms with Gasteiger partial charge in [0.15, 0.2) is 0 Å². The second-order valence-corrected chi connectivity index (χ2v) is 5.34. The molecule has 16 heavy (non-hydrogen) atoms. The van der Waals surface area contributed by atoms with Gasteiger partial charge in [-0.05, 0) is 41.8 Å². The molecule has 0 aliphatic rings. The second-order valence-electron chi connectivity index (χ2n) is 3.55. The SMILES string of the molecule is COC(=O)c1scc(C)c1-c1sccc1C. The highest BCUT2D eigenvalue weighted by Crippen LogP contribution is 2.37. The smallest absolute Gasteiger partial charge is 0.348 e. The Hall–Kier alpha value is -1.13. The van der Waals surface area contributed by atoms with E-state index in [0.29, 0.717) is 4.88 Å². The minimum atomic E-state index is -0.249. The molecule has 4 heteroatoms. The molecule has 0 aliphatic carbocycles. The van der Waals surface area contributed by atoms with Crippen molar-refractivity contribution in [2.24, 2.45) is 0 Å². The molecule has 84 valence electrons. The molecule has 2 heterocycles. The number of carbonyl (C=O) groups is 1. The zero-order chi connectivity index (χ0) is 11.7.